The van der Waals surface area contributed by atoms with Crippen molar-refractivity contribution in [1.82, 2.24) is 24.5 Å². The minimum atomic E-state index is -0.158. The van der Waals surface area contributed by atoms with Gasteiger partial charge in [-0.05, 0) is 44.2 Å². The Hall–Kier alpha value is -3.10. The zero-order valence-electron chi connectivity index (χ0n) is 16.4. The van der Waals surface area contributed by atoms with Crippen molar-refractivity contribution in [2.75, 3.05) is 11.1 Å². The first-order valence-corrected chi connectivity index (χ1v) is 10.6. The maximum atomic E-state index is 12.6. The predicted molar refractivity (Wildman–Crippen MR) is 119 cm³/mol. The standard InChI is InChI=1S/C21H19ClN6OS/c1-14-6-8-17(9-7-14)28-19(10-15(2)26-28)24-20(29)12-30-21-25-23-13-27(21)18-5-3-4-16(22)11-18/h3-11,13H,12H2,1-2H3,(H,24,29). The van der Waals surface area contributed by atoms with E-state index in [1.165, 1.54) is 11.8 Å². The number of rotatable bonds is 6. The van der Waals surface area contributed by atoms with Crippen LogP contribution < -0.4 is 5.32 Å². The summed E-state index contributed by atoms with van der Waals surface area (Å²) < 4.78 is 3.52. The highest BCUT2D eigenvalue weighted by Crippen LogP contribution is 2.23. The van der Waals surface area contributed by atoms with Crippen LogP contribution in [0.1, 0.15) is 11.3 Å². The number of carbonyl (C=O) groups is 1. The largest absolute Gasteiger partial charge is 0.310 e. The van der Waals surface area contributed by atoms with Crippen LogP contribution in [-0.2, 0) is 4.79 Å². The molecule has 0 saturated carbocycles. The zero-order valence-corrected chi connectivity index (χ0v) is 18.0. The number of halogens is 1. The van der Waals surface area contributed by atoms with Crippen molar-refractivity contribution in [2.24, 2.45) is 0 Å². The first kappa shape index (κ1) is 20.2. The summed E-state index contributed by atoms with van der Waals surface area (Å²) in [4.78, 5) is 12.6. The fraction of sp³-hybridized carbons (Fsp3) is 0.143. The van der Waals surface area contributed by atoms with Crippen molar-refractivity contribution < 1.29 is 4.79 Å². The molecule has 0 saturated heterocycles. The van der Waals surface area contributed by atoms with Gasteiger partial charge < -0.3 is 5.32 Å². The molecule has 2 heterocycles. The third-order valence-corrected chi connectivity index (χ3v) is 5.49. The van der Waals surface area contributed by atoms with E-state index in [9.17, 15) is 4.79 Å². The number of anilines is 1. The third-order valence-electron chi connectivity index (χ3n) is 4.31. The third kappa shape index (κ3) is 4.55. The van der Waals surface area contributed by atoms with E-state index >= 15 is 0 Å². The minimum Gasteiger partial charge on any atom is -0.310 e. The Morgan fingerprint density at radius 1 is 1.10 bits per heavy atom. The van der Waals surface area contributed by atoms with Crippen LogP contribution >= 0.6 is 23.4 Å². The predicted octanol–water partition coefficient (Wildman–Crippen LogP) is 4.45. The van der Waals surface area contributed by atoms with Crippen molar-refractivity contribution in [3.8, 4) is 11.4 Å². The number of nitrogens with zero attached hydrogens (tertiary/aromatic N) is 5. The average Bonchev–Trinajstić information content (AvgIpc) is 3.33. The van der Waals surface area contributed by atoms with Crippen molar-refractivity contribution >= 4 is 35.1 Å². The van der Waals surface area contributed by atoms with Crippen LogP contribution in [0.2, 0.25) is 5.02 Å². The van der Waals surface area contributed by atoms with E-state index in [4.69, 9.17) is 11.6 Å². The van der Waals surface area contributed by atoms with Crippen molar-refractivity contribution in [3.05, 3.63) is 77.2 Å². The second-order valence-corrected chi connectivity index (χ2v) is 8.10. The lowest BCUT2D eigenvalue weighted by Crippen LogP contribution is -2.17. The SMILES string of the molecule is Cc1ccc(-n2nc(C)cc2NC(=O)CSc2nncn2-c2cccc(Cl)c2)cc1. The highest BCUT2D eigenvalue weighted by Gasteiger charge is 2.14. The molecule has 152 valence electrons. The molecule has 0 unspecified atom stereocenters. The Labute approximate surface area is 183 Å². The van der Waals surface area contributed by atoms with E-state index in [-0.39, 0.29) is 11.7 Å². The van der Waals surface area contributed by atoms with Gasteiger partial charge in [-0.2, -0.15) is 5.10 Å². The summed E-state index contributed by atoms with van der Waals surface area (Å²) in [5.41, 5.74) is 3.70. The van der Waals surface area contributed by atoms with Gasteiger partial charge in [-0.1, -0.05) is 47.1 Å². The Morgan fingerprint density at radius 2 is 1.90 bits per heavy atom. The van der Waals surface area contributed by atoms with E-state index in [1.807, 2.05) is 62.4 Å². The number of thioether (sulfide) groups is 1. The van der Waals surface area contributed by atoms with E-state index < -0.39 is 0 Å². The molecule has 9 heteroatoms. The molecular formula is C21H19ClN6OS. The van der Waals surface area contributed by atoms with Gasteiger partial charge in [-0.25, -0.2) is 4.68 Å². The molecule has 0 aliphatic carbocycles. The lowest BCUT2D eigenvalue weighted by molar-refractivity contribution is -0.113. The molecule has 4 rings (SSSR count). The summed E-state index contributed by atoms with van der Waals surface area (Å²) in [5, 5.41) is 16.7. The molecule has 2 aromatic heterocycles. The number of benzene rings is 2. The van der Waals surface area contributed by atoms with Crippen LogP contribution in [0.3, 0.4) is 0 Å². The number of hydrogen-bond donors (Lipinski definition) is 1. The van der Waals surface area contributed by atoms with Gasteiger partial charge in [0.1, 0.15) is 12.1 Å². The second kappa shape index (κ2) is 8.73. The van der Waals surface area contributed by atoms with Crippen molar-refractivity contribution in [2.45, 2.75) is 19.0 Å². The summed E-state index contributed by atoms with van der Waals surface area (Å²) in [6.45, 7) is 3.92. The molecule has 7 nitrogen and oxygen atoms in total. The Morgan fingerprint density at radius 3 is 2.67 bits per heavy atom. The summed E-state index contributed by atoms with van der Waals surface area (Å²) in [7, 11) is 0. The molecule has 1 N–H and O–H groups in total. The Kier molecular flexibility index (Phi) is 5.87. The molecule has 4 aromatic rings. The molecule has 0 spiro atoms. The number of aromatic nitrogens is 5. The molecule has 0 aliphatic heterocycles. The topological polar surface area (TPSA) is 77.6 Å². The van der Waals surface area contributed by atoms with Crippen LogP contribution in [0, 0.1) is 13.8 Å². The average molecular weight is 439 g/mol. The fourth-order valence-corrected chi connectivity index (χ4v) is 3.82. The quantitative estimate of drug-likeness (QED) is 0.450. The van der Waals surface area contributed by atoms with Crippen LogP contribution in [0.25, 0.3) is 11.4 Å². The number of aryl methyl sites for hydroxylation is 2. The molecule has 0 aliphatic rings. The highest BCUT2D eigenvalue weighted by molar-refractivity contribution is 7.99. The summed E-state index contributed by atoms with van der Waals surface area (Å²) in [6.07, 6.45) is 1.60. The minimum absolute atomic E-state index is 0.158. The van der Waals surface area contributed by atoms with Crippen molar-refractivity contribution in [1.29, 1.82) is 0 Å². The molecule has 0 fully saturated rings. The first-order valence-electron chi connectivity index (χ1n) is 9.22. The molecule has 0 atom stereocenters. The van der Waals surface area contributed by atoms with Crippen LogP contribution in [0.4, 0.5) is 5.82 Å². The number of hydrogen-bond acceptors (Lipinski definition) is 5. The van der Waals surface area contributed by atoms with E-state index in [2.05, 4.69) is 20.6 Å². The number of carbonyl (C=O) groups excluding carboxylic acids is 1. The molecule has 30 heavy (non-hydrogen) atoms. The molecule has 0 radical (unpaired) electrons. The lowest BCUT2D eigenvalue weighted by Gasteiger charge is -2.10. The maximum absolute atomic E-state index is 12.6. The summed E-state index contributed by atoms with van der Waals surface area (Å²) >= 11 is 7.37. The number of amides is 1. The van der Waals surface area contributed by atoms with Gasteiger partial charge in [0.2, 0.25) is 5.91 Å². The molecule has 0 bridgehead atoms. The molecule has 2 aromatic carbocycles. The summed E-state index contributed by atoms with van der Waals surface area (Å²) in [5.74, 6) is 0.643. The fourth-order valence-electron chi connectivity index (χ4n) is 2.91. The number of nitrogens with one attached hydrogen (secondary N) is 1. The van der Waals surface area contributed by atoms with Crippen LogP contribution in [0.15, 0.2) is 66.1 Å². The highest BCUT2D eigenvalue weighted by atomic mass is 35.5. The molecule has 1 amide bonds. The molecular weight excluding hydrogens is 420 g/mol. The Balaban J connectivity index is 1.46. The van der Waals surface area contributed by atoms with Gasteiger partial charge in [0.25, 0.3) is 0 Å². The van der Waals surface area contributed by atoms with E-state index in [0.29, 0.717) is 16.0 Å². The van der Waals surface area contributed by atoms with Gasteiger partial charge in [0, 0.05) is 11.1 Å². The normalized spacial score (nSPS) is 10.9. The van der Waals surface area contributed by atoms with Crippen LogP contribution in [-0.4, -0.2) is 36.2 Å². The smallest absolute Gasteiger partial charge is 0.236 e. The maximum Gasteiger partial charge on any atom is 0.236 e. The zero-order chi connectivity index (χ0) is 21.1. The Bertz CT molecular complexity index is 1180. The van der Waals surface area contributed by atoms with Gasteiger partial charge in [0.05, 0.1) is 22.8 Å². The first-order chi connectivity index (χ1) is 14.5. The van der Waals surface area contributed by atoms with Crippen LogP contribution in [0.5, 0.6) is 0 Å². The van der Waals surface area contributed by atoms with E-state index in [0.717, 1.165) is 22.6 Å². The van der Waals surface area contributed by atoms with Crippen molar-refractivity contribution in [3.63, 3.8) is 0 Å². The van der Waals surface area contributed by atoms with Gasteiger partial charge in [0.15, 0.2) is 5.16 Å². The summed E-state index contributed by atoms with van der Waals surface area (Å²) in [6, 6.07) is 17.2. The lowest BCUT2D eigenvalue weighted by atomic mass is 10.2. The second-order valence-electron chi connectivity index (χ2n) is 6.72. The van der Waals surface area contributed by atoms with Gasteiger partial charge >= 0.3 is 0 Å². The van der Waals surface area contributed by atoms with Gasteiger partial charge in [-0.15, -0.1) is 10.2 Å². The van der Waals surface area contributed by atoms with E-state index in [1.54, 1.807) is 21.6 Å². The monoisotopic (exact) mass is 438 g/mol. The van der Waals surface area contributed by atoms with Gasteiger partial charge in [-0.3, -0.25) is 9.36 Å².